The van der Waals surface area contributed by atoms with Crippen molar-refractivity contribution in [3.8, 4) is 11.3 Å². The molecule has 0 saturated carbocycles. The molecular formula is C26H20F4N6O2. The number of carbonyl (C=O) groups is 2. The molecule has 0 aliphatic carbocycles. The number of pyridine rings is 1. The number of nitrogens with zero attached hydrogens (tertiary/aromatic N) is 3. The van der Waals surface area contributed by atoms with Gasteiger partial charge >= 0.3 is 6.18 Å². The second-order valence-corrected chi connectivity index (χ2v) is 8.77. The third kappa shape index (κ3) is 4.67. The van der Waals surface area contributed by atoms with E-state index in [1.165, 1.54) is 6.07 Å². The summed E-state index contributed by atoms with van der Waals surface area (Å²) in [6.45, 7) is 2.41. The van der Waals surface area contributed by atoms with Gasteiger partial charge in [0.1, 0.15) is 28.7 Å². The van der Waals surface area contributed by atoms with Crippen molar-refractivity contribution in [2.75, 3.05) is 10.6 Å². The lowest BCUT2D eigenvalue weighted by Gasteiger charge is -2.10. The van der Waals surface area contributed by atoms with Gasteiger partial charge in [-0.1, -0.05) is 23.8 Å². The Labute approximate surface area is 213 Å². The van der Waals surface area contributed by atoms with Gasteiger partial charge < -0.3 is 16.4 Å². The summed E-state index contributed by atoms with van der Waals surface area (Å²) in [5.41, 5.74) is 7.54. The summed E-state index contributed by atoms with van der Waals surface area (Å²) >= 11 is 0. The van der Waals surface area contributed by atoms with Gasteiger partial charge in [-0.05, 0) is 49.2 Å². The van der Waals surface area contributed by atoms with E-state index in [9.17, 15) is 22.8 Å². The zero-order chi connectivity index (χ0) is 27.2. The number of halogens is 4. The van der Waals surface area contributed by atoms with Crippen LogP contribution in [0.15, 0.2) is 54.7 Å². The largest absolute Gasteiger partial charge is 0.416 e. The van der Waals surface area contributed by atoms with Gasteiger partial charge in [-0.2, -0.15) is 18.3 Å². The molecule has 8 nitrogen and oxygen atoms in total. The first-order valence-corrected chi connectivity index (χ1v) is 11.4. The maximum Gasteiger partial charge on any atom is 0.416 e. The highest BCUT2D eigenvalue weighted by Gasteiger charge is 2.31. The molecule has 0 radical (unpaired) electrons. The fourth-order valence-electron chi connectivity index (χ4n) is 4.30. The minimum absolute atomic E-state index is 0.0585. The number of nitrogens with one attached hydrogen (secondary N) is 2. The number of primary amides is 1. The van der Waals surface area contributed by atoms with E-state index in [4.69, 9.17) is 5.73 Å². The maximum atomic E-state index is 15.0. The molecule has 5 rings (SSSR count). The van der Waals surface area contributed by atoms with Gasteiger partial charge in [0.25, 0.3) is 11.8 Å². The molecular weight excluding hydrogens is 504 g/mol. The standard InChI is InChI=1S/C26H20F4N6O2/c1-13-2-5-19-14(10-13)7-9-36-24(33-19)21(23(31)37)22(35-36)15-3-4-17(18(27)11-15)25(38)34-20-12-16(6-8-32-20)26(28,29)30/h2-6,8,10-12,33H,7,9H2,1H3,(H2,31,37)(H,32,34,38). The second kappa shape index (κ2) is 9.29. The fraction of sp³-hybridized carbons (Fsp3) is 0.154. The van der Waals surface area contributed by atoms with E-state index in [1.54, 1.807) is 4.68 Å². The Morgan fingerprint density at radius 2 is 1.89 bits per heavy atom. The van der Waals surface area contributed by atoms with E-state index in [1.807, 2.05) is 25.1 Å². The minimum Gasteiger partial charge on any atom is -0.365 e. The van der Waals surface area contributed by atoms with Crippen LogP contribution in [-0.4, -0.2) is 26.6 Å². The number of amides is 2. The SMILES string of the molecule is Cc1ccc2c(c1)CCn1nc(-c3ccc(C(=O)Nc4cc(C(F)(F)F)ccn4)c(F)c3)c(C(N)=O)c1N2. The molecule has 194 valence electrons. The van der Waals surface area contributed by atoms with Crippen molar-refractivity contribution in [3.05, 3.63) is 88.4 Å². The smallest absolute Gasteiger partial charge is 0.365 e. The number of aromatic nitrogens is 3. The molecule has 0 saturated heterocycles. The molecule has 4 N–H and O–H groups in total. The lowest BCUT2D eigenvalue weighted by atomic mass is 10.0. The number of aryl methyl sites for hydroxylation is 3. The van der Waals surface area contributed by atoms with Crippen molar-refractivity contribution in [1.29, 1.82) is 0 Å². The van der Waals surface area contributed by atoms with Crippen molar-refractivity contribution < 1.29 is 27.2 Å². The summed E-state index contributed by atoms with van der Waals surface area (Å²) in [6, 6.07) is 10.8. The molecule has 0 bridgehead atoms. The third-order valence-electron chi connectivity index (χ3n) is 6.12. The van der Waals surface area contributed by atoms with E-state index in [0.717, 1.165) is 41.2 Å². The number of hydrogen-bond donors (Lipinski definition) is 3. The number of benzene rings is 2. The lowest BCUT2D eigenvalue weighted by Crippen LogP contribution is -2.16. The molecule has 3 heterocycles. The first-order chi connectivity index (χ1) is 18.0. The Bertz CT molecular complexity index is 1600. The molecule has 1 aliphatic rings. The molecule has 2 aromatic heterocycles. The number of anilines is 3. The Kier molecular flexibility index (Phi) is 6.09. The van der Waals surface area contributed by atoms with Crippen LogP contribution in [0.2, 0.25) is 0 Å². The van der Waals surface area contributed by atoms with Crippen LogP contribution in [0.25, 0.3) is 11.3 Å². The predicted molar refractivity (Wildman–Crippen MR) is 131 cm³/mol. The van der Waals surface area contributed by atoms with Gasteiger partial charge in [-0.15, -0.1) is 0 Å². The molecule has 4 aromatic rings. The summed E-state index contributed by atoms with van der Waals surface area (Å²) in [5.74, 6) is -2.76. The van der Waals surface area contributed by atoms with Gasteiger partial charge in [-0.3, -0.25) is 9.59 Å². The van der Waals surface area contributed by atoms with Gasteiger partial charge in [0.15, 0.2) is 0 Å². The topological polar surface area (TPSA) is 115 Å². The molecule has 2 amide bonds. The lowest BCUT2D eigenvalue weighted by molar-refractivity contribution is -0.137. The normalized spacial score (nSPS) is 12.7. The Morgan fingerprint density at radius 1 is 1.11 bits per heavy atom. The number of hydrogen-bond acceptors (Lipinski definition) is 5. The highest BCUT2D eigenvalue weighted by molar-refractivity contribution is 6.06. The Hall–Kier alpha value is -4.74. The van der Waals surface area contributed by atoms with Crippen LogP contribution >= 0.6 is 0 Å². The van der Waals surface area contributed by atoms with E-state index < -0.39 is 34.9 Å². The van der Waals surface area contributed by atoms with Gasteiger partial charge in [0.2, 0.25) is 0 Å². The van der Waals surface area contributed by atoms with E-state index >= 15 is 4.39 Å². The van der Waals surface area contributed by atoms with E-state index in [-0.39, 0.29) is 22.6 Å². The fourth-order valence-corrected chi connectivity index (χ4v) is 4.30. The molecule has 2 aromatic carbocycles. The van der Waals surface area contributed by atoms with Crippen LogP contribution in [0.4, 0.5) is 34.9 Å². The highest BCUT2D eigenvalue weighted by Crippen LogP contribution is 2.35. The monoisotopic (exact) mass is 524 g/mol. The van der Waals surface area contributed by atoms with Gasteiger partial charge in [0.05, 0.1) is 11.1 Å². The highest BCUT2D eigenvalue weighted by atomic mass is 19.4. The van der Waals surface area contributed by atoms with Crippen molar-refractivity contribution in [2.45, 2.75) is 26.1 Å². The van der Waals surface area contributed by atoms with Crippen molar-refractivity contribution in [3.63, 3.8) is 0 Å². The summed E-state index contributed by atoms with van der Waals surface area (Å²) in [4.78, 5) is 28.7. The molecule has 0 spiro atoms. The number of fused-ring (bicyclic) bond motifs is 2. The van der Waals surface area contributed by atoms with E-state index in [0.29, 0.717) is 24.8 Å². The van der Waals surface area contributed by atoms with Crippen molar-refractivity contribution in [2.24, 2.45) is 5.73 Å². The molecule has 0 atom stereocenters. The third-order valence-corrected chi connectivity index (χ3v) is 6.12. The van der Waals surface area contributed by atoms with Crippen LogP contribution in [0, 0.1) is 12.7 Å². The molecule has 12 heteroatoms. The maximum absolute atomic E-state index is 15.0. The number of rotatable bonds is 4. The number of carbonyl (C=O) groups excluding carboxylic acids is 2. The Morgan fingerprint density at radius 3 is 2.61 bits per heavy atom. The number of alkyl halides is 3. The zero-order valence-electron chi connectivity index (χ0n) is 19.9. The predicted octanol–water partition coefficient (Wildman–Crippen LogP) is 5.06. The van der Waals surface area contributed by atoms with Crippen LogP contribution in [0.3, 0.4) is 0 Å². The molecule has 0 unspecified atom stereocenters. The van der Waals surface area contributed by atoms with Crippen molar-refractivity contribution >= 4 is 29.1 Å². The average Bonchev–Trinajstić information content (AvgIpc) is 3.12. The molecule has 1 aliphatic heterocycles. The minimum atomic E-state index is -4.63. The second-order valence-electron chi connectivity index (χ2n) is 8.77. The molecule has 0 fully saturated rings. The van der Waals surface area contributed by atoms with Crippen LogP contribution < -0.4 is 16.4 Å². The van der Waals surface area contributed by atoms with Crippen molar-refractivity contribution in [1.82, 2.24) is 14.8 Å². The van der Waals surface area contributed by atoms with Crippen LogP contribution in [-0.2, 0) is 19.1 Å². The summed E-state index contributed by atoms with van der Waals surface area (Å²) in [5, 5.41) is 9.87. The van der Waals surface area contributed by atoms with Gasteiger partial charge in [0, 0.05) is 24.0 Å². The van der Waals surface area contributed by atoms with Gasteiger partial charge in [-0.25, -0.2) is 14.1 Å². The summed E-state index contributed by atoms with van der Waals surface area (Å²) < 4.78 is 55.4. The summed E-state index contributed by atoms with van der Waals surface area (Å²) in [7, 11) is 0. The first kappa shape index (κ1) is 24.9. The van der Waals surface area contributed by atoms with E-state index in [2.05, 4.69) is 20.7 Å². The van der Waals surface area contributed by atoms with Crippen LogP contribution in [0.5, 0.6) is 0 Å². The summed E-state index contributed by atoms with van der Waals surface area (Å²) in [6.07, 6.45) is -3.11. The average molecular weight is 524 g/mol. The van der Waals surface area contributed by atoms with Crippen LogP contribution in [0.1, 0.15) is 37.4 Å². The Balaban J connectivity index is 1.46. The quantitative estimate of drug-likeness (QED) is 0.323. The number of nitrogens with two attached hydrogens (primary N) is 1. The first-order valence-electron chi connectivity index (χ1n) is 11.4. The zero-order valence-corrected chi connectivity index (χ0v) is 19.9. The molecule has 38 heavy (non-hydrogen) atoms.